The van der Waals surface area contributed by atoms with Crippen molar-refractivity contribution in [3.05, 3.63) is 65.0 Å². The highest BCUT2D eigenvalue weighted by Crippen LogP contribution is 2.31. The Balaban J connectivity index is 1.57. The van der Waals surface area contributed by atoms with Crippen LogP contribution < -0.4 is 20.7 Å². The molecule has 1 aromatic heterocycles. The zero-order valence-corrected chi connectivity index (χ0v) is 30.2. The van der Waals surface area contributed by atoms with Gasteiger partial charge in [-0.2, -0.15) is 13.2 Å². The summed E-state index contributed by atoms with van der Waals surface area (Å²) in [5, 5.41) is 22.1. The van der Waals surface area contributed by atoms with Gasteiger partial charge in [0, 0.05) is 44.0 Å². The molecular formula is C36H47F3N6O7. The van der Waals surface area contributed by atoms with Gasteiger partial charge in [0.2, 0.25) is 0 Å². The lowest BCUT2D eigenvalue weighted by molar-refractivity contribution is -0.137. The van der Waals surface area contributed by atoms with E-state index in [4.69, 9.17) is 14.0 Å². The van der Waals surface area contributed by atoms with Gasteiger partial charge in [-0.25, -0.2) is 9.59 Å². The van der Waals surface area contributed by atoms with E-state index in [-0.39, 0.29) is 60.4 Å². The van der Waals surface area contributed by atoms with E-state index < -0.39 is 35.8 Å². The van der Waals surface area contributed by atoms with Crippen molar-refractivity contribution in [1.29, 1.82) is 0 Å². The zero-order chi connectivity index (χ0) is 38.2. The lowest BCUT2D eigenvalue weighted by Gasteiger charge is -2.35. The number of urea groups is 2. The van der Waals surface area contributed by atoms with E-state index in [0.717, 1.165) is 37.1 Å². The van der Waals surface area contributed by atoms with Crippen molar-refractivity contribution in [2.75, 3.05) is 49.3 Å². The van der Waals surface area contributed by atoms with E-state index in [2.05, 4.69) is 21.1 Å². The average Bonchev–Trinajstić information content (AvgIpc) is 3.41. The fraction of sp³-hybridized carbons (Fsp3) is 0.500. The number of carbonyl (C=O) groups is 3. The Hall–Kier alpha value is -4.83. The van der Waals surface area contributed by atoms with Gasteiger partial charge in [-0.15, -0.1) is 0 Å². The smallest absolute Gasteiger partial charge is 0.416 e. The summed E-state index contributed by atoms with van der Waals surface area (Å²) in [4.78, 5) is 43.4. The Morgan fingerprint density at radius 1 is 1.06 bits per heavy atom. The number of nitrogens with zero attached hydrogens (tertiary/aromatic N) is 3. The number of aromatic nitrogens is 1. The minimum Gasteiger partial charge on any atom is -0.490 e. The van der Waals surface area contributed by atoms with Gasteiger partial charge in [0.25, 0.3) is 5.91 Å². The Morgan fingerprint density at radius 2 is 1.73 bits per heavy atom. The highest BCUT2D eigenvalue weighted by atomic mass is 19.4. The number of anilines is 3. The van der Waals surface area contributed by atoms with E-state index in [1.165, 1.54) is 15.9 Å². The van der Waals surface area contributed by atoms with E-state index in [9.17, 15) is 32.7 Å². The first-order valence-electron chi connectivity index (χ1n) is 17.1. The molecule has 1 aliphatic rings. The number of hydrogen-bond donors (Lipinski definition) is 4. The number of benzene rings is 2. The Morgan fingerprint density at radius 3 is 2.37 bits per heavy atom. The molecule has 0 radical (unpaired) electrons. The summed E-state index contributed by atoms with van der Waals surface area (Å²) in [5.74, 6) is -0.0164. The second kappa shape index (κ2) is 17.6. The highest BCUT2D eigenvalue weighted by Gasteiger charge is 2.32. The fourth-order valence-corrected chi connectivity index (χ4v) is 5.72. The van der Waals surface area contributed by atoms with Gasteiger partial charge >= 0.3 is 18.2 Å². The molecule has 3 aromatic rings. The summed E-state index contributed by atoms with van der Waals surface area (Å²) < 4.78 is 56.6. The molecule has 4 atom stereocenters. The van der Waals surface area contributed by atoms with Crippen LogP contribution in [0.1, 0.15) is 67.4 Å². The van der Waals surface area contributed by atoms with Crippen molar-refractivity contribution in [2.45, 2.75) is 78.3 Å². The molecule has 52 heavy (non-hydrogen) atoms. The molecule has 2 heterocycles. The van der Waals surface area contributed by atoms with Crippen molar-refractivity contribution < 1.29 is 46.7 Å². The quantitative estimate of drug-likeness (QED) is 0.204. The molecule has 16 heteroatoms. The number of carbonyl (C=O) groups excluding carboxylic acids is 3. The average molecular weight is 733 g/mol. The molecule has 0 bridgehead atoms. The third kappa shape index (κ3) is 10.6. The molecule has 4 rings (SSSR count). The molecule has 0 saturated carbocycles. The first-order valence-corrected chi connectivity index (χ1v) is 17.1. The first-order chi connectivity index (χ1) is 24.6. The number of halogens is 3. The van der Waals surface area contributed by atoms with Gasteiger partial charge in [0.15, 0.2) is 5.76 Å². The lowest BCUT2D eigenvalue weighted by Crippen LogP contribution is -2.48. The van der Waals surface area contributed by atoms with Crippen LogP contribution in [0.5, 0.6) is 5.75 Å². The van der Waals surface area contributed by atoms with Crippen LogP contribution in [0.25, 0.3) is 0 Å². The standard InChI is InChI=1S/C36H47F3N6O7/c1-21-18-45(22(2)20-46)33(47)29-17-28(41-34(48)40-27-12-10-26(11-13-27)36(37,38)39)14-15-30(29)51-23(3)9-7-8-16-50-31(21)19-44(6)35(49)42-32-24(4)43-52-25(32)5/h10-15,17,21-23,31,46H,7-9,16,18-20H2,1-6H3,(H,42,49)(H2,40,41,48)/t21-,22+,23-,31-/m1/s1. The molecule has 1 aliphatic heterocycles. The van der Waals surface area contributed by atoms with Crippen LogP contribution in [0, 0.1) is 19.8 Å². The number of aliphatic hydroxyl groups excluding tert-OH is 1. The third-order valence-electron chi connectivity index (χ3n) is 8.85. The Kier molecular flexibility index (Phi) is 13.5. The van der Waals surface area contributed by atoms with E-state index in [1.807, 2.05) is 13.8 Å². The van der Waals surface area contributed by atoms with Gasteiger partial charge in [0.05, 0.1) is 36.0 Å². The van der Waals surface area contributed by atoms with E-state index >= 15 is 0 Å². The van der Waals surface area contributed by atoms with E-state index in [1.54, 1.807) is 40.0 Å². The number of alkyl halides is 3. The van der Waals surface area contributed by atoms with Crippen molar-refractivity contribution in [1.82, 2.24) is 15.0 Å². The normalized spacial score (nSPS) is 19.5. The fourth-order valence-electron chi connectivity index (χ4n) is 5.72. The molecule has 0 saturated heterocycles. The number of hydrogen-bond acceptors (Lipinski definition) is 8. The lowest BCUT2D eigenvalue weighted by atomic mass is 10.0. The van der Waals surface area contributed by atoms with Crippen LogP contribution in [-0.2, 0) is 10.9 Å². The van der Waals surface area contributed by atoms with Crippen LogP contribution in [-0.4, -0.2) is 89.6 Å². The van der Waals surface area contributed by atoms with Crippen LogP contribution in [0.3, 0.4) is 0 Å². The van der Waals surface area contributed by atoms with Crippen LogP contribution in [0.2, 0.25) is 0 Å². The topological polar surface area (TPSA) is 158 Å². The number of amides is 5. The van der Waals surface area contributed by atoms with Crippen LogP contribution in [0.15, 0.2) is 47.0 Å². The molecule has 4 N–H and O–H groups in total. The monoisotopic (exact) mass is 732 g/mol. The predicted molar refractivity (Wildman–Crippen MR) is 189 cm³/mol. The van der Waals surface area contributed by atoms with Crippen molar-refractivity contribution >= 4 is 35.0 Å². The summed E-state index contributed by atoms with van der Waals surface area (Å²) >= 11 is 0. The summed E-state index contributed by atoms with van der Waals surface area (Å²) in [6.45, 7) is 9.34. The van der Waals surface area contributed by atoms with Gasteiger partial charge in [-0.05, 0) is 89.4 Å². The van der Waals surface area contributed by atoms with Crippen LogP contribution in [0.4, 0.5) is 39.8 Å². The Labute approximate surface area is 300 Å². The number of rotatable bonds is 7. The number of likely N-dealkylation sites (N-methyl/N-ethyl adjacent to an activating group) is 1. The summed E-state index contributed by atoms with van der Waals surface area (Å²) in [6, 6.07) is 6.85. The minimum atomic E-state index is -4.51. The number of fused-ring (bicyclic) bond motifs is 1. The number of aryl methyl sites for hydroxylation is 2. The number of nitrogens with one attached hydrogen (secondary N) is 3. The maximum Gasteiger partial charge on any atom is 0.416 e. The minimum absolute atomic E-state index is 0.136. The van der Waals surface area contributed by atoms with Gasteiger partial charge in [-0.3, -0.25) is 4.79 Å². The van der Waals surface area contributed by atoms with Gasteiger partial charge in [0.1, 0.15) is 17.1 Å². The second-order valence-corrected chi connectivity index (χ2v) is 13.2. The van der Waals surface area contributed by atoms with Crippen molar-refractivity contribution in [3.63, 3.8) is 0 Å². The van der Waals surface area contributed by atoms with Gasteiger partial charge in [-0.1, -0.05) is 12.1 Å². The number of ether oxygens (including phenoxy) is 2. The van der Waals surface area contributed by atoms with Crippen molar-refractivity contribution in [2.24, 2.45) is 5.92 Å². The Bertz CT molecular complexity index is 1660. The molecule has 0 spiro atoms. The summed E-state index contributed by atoms with van der Waals surface area (Å²) in [6.07, 6.45) is -3.13. The maximum absolute atomic E-state index is 14.4. The highest BCUT2D eigenvalue weighted by molar-refractivity contribution is 6.02. The number of aliphatic hydroxyl groups is 1. The molecule has 2 aromatic carbocycles. The van der Waals surface area contributed by atoms with Gasteiger partial charge < -0.3 is 44.9 Å². The second-order valence-electron chi connectivity index (χ2n) is 13.2. The molecule has 284 valence electrons. The molecule has 0 fully saturated rings. The SMILES string of the molecule is Cc1noc(C)c1NC(=O)N(C)C[C@H]1OCCCC[C@@H](C)Oc2ccc(NC(=O)Nc3ccc(C(F)(F)F)cc3)cc2C(=O)N([C@@H](C)CO)C[C@H]1C. The first kappa shape index (κ1) is 39.9. The maximum atomic E-state index is 14.4. The molecule has 0 aliphatic carbocycles. The molecular weight excluding hydrogens is 685 g/mol. The largest absolute Gasteiger partial charge is 0.490 e. The summed E-state index contributed by atoms with van der Waals surface area (Å²) in [7, 11) is 1.64. The predicted octanol–water partition coefficient (Wildman–Crippen LogP) is 6.91. The zero-order valence-electron chi connectivity index (χ0n) is 30.2. The molecule has 0 unspecified atom stereocenters. The van der Waals surface area contributed by atoms with Crippen molar-refractivity contribution in [3.8, 4) is 5.75 Å². The molecule has 13 nitrogen and oxygen atoms in total. The summed E-state index contributed by atoms with van der Waals surface area (Å²) in [5.41, 5.74) is 0.689. The van der Waals surface area contributed by atoms with E-state index in [0.29, 0.717) is 30.2 Å². The molecule has 5 amide bonds. The van der Waals surface area contributed by atoms with Crippen LogP contribution >= 0.6 is 0 Å². The third-order valence-corrected chi connectivity index (χ3v) is 8.85.